The van der Waals surface area contributed by atoms with Crippen LogP contribution in [-0.2, 0) is 0 Å². The van der Waals surface area contributed by atoms with E-state index in [0.29, 0.717) is 18.3 Å². The van der Waals surface area contributed by atoms with Gasteiger partial charge in [-0.3, -0.25) is 4.79 Å². The fourth-order valence-electron chi connectivity index (χ4n) is 1.56. The first kappa shape index (κ1) is 12.0. The fraction of sp³-hybridized carbons (Fsp3) is 0.500. The second-order valence-corrected chi connectivity index (χ2v) is 4.43. The highest BCUT2D eigenvalue weighted by atomic mass is 16.1. The van der Waals surface area contributed by atoms with Crippen LogP contribution in [0, 0.1) is 5.92 Å². The predicted molar refractivity (Wildman–Crippen MR) is 64.3 cm³/mol. The quantitative estimate of drug-likeness (QED) is 0.676. The van der Waals surface area contributed by atoms with Crippen molar-refractivity contribution >= 4 is 5.78 Å². The molecule has 1 heteroatoms. The normalized spacial score (nSPS) is 12.9. The molecule has 1 nitrogen and oxygen atoms in total. The molecule has 1 aromatic rings. The molecule has 0 radical (unpaired) electrons. The van der Waals surface area contributed by atoms with Crippen molar-refractivity contribution < 1.29 is 4.79 Å². The summed E-state index contributed by atoms with van der Waals surface area (Å²) in [5, 5.41) is 0. The highest BCUT2D eigenvalue weighted by Gasteiger charge is 2.10. The van der Waals surface area contributed by atoms with E-state index < -0.39 is 0 Å². The summed E-state index contributed by atoms with van der Waals surface area (Å²) in [6, 6.07) is 8.04. The molecule has 1 aromatic carbocycles. The number of benzene rings is 1. The Bertz CT molecular complexity index is 322. The van der Waals surface area contributed by atoms with E-state index in [-0.39, 0.29) is 5.78 Å². The Balaban J connectivity index is 2.85. The number of carbonyl (C=O) groups excluding carboxylic acids is 1. The third-order valence-electron chi connectivity index (χ3n) is 3.08. The molecular weight excluding hydrogens is 184 g/mol. The number of Topliss-reactive ketones (excluding diaryl/α,β-unsaturated/α-hetero) is 1. The molecule has 0 aliphatic heterocycles. The topological polar surface area (TPSA) is 17.1 Å². The highest BCUT2D eigenvalue weighted by Crippen LogP contribution is 2.23. The van der Waals surface area contributed by atoms with Crippen molar-refractivity contribution in [3.8, 4) is 0 Å². The number of hydrogen-bond acceptors (Lipinski definition) is 1. The average Bonchev–Trinajstić information content (AvgIpc) is 2.27. The Kier molecular flexibility index (Phi) is 4.07. The maximum atomic E-state index is 11.4. The first-order chi connectivity index (χ1) is 7.06. The van der Waals surface area contributed by atoms with Crippen molar-refractivity contribution in [2.75, 3.05) is 0 Å². The molecule has 0 aliphatic rings. The lowest BCUT2D eigenvalue weighted by atomic mass is 9.89. The zero-order chi connectivity index (χ0) is 11.4. The number of carbonyl (C=O) groups is 1. The molecule has 0 bridgehead atoms. The summed E-state index contributed by atoms with van der Waals surface area (Å²) in [5.74, 6) is 1.41. The van der Waals surface area contributed by atoms with Gasteiger partial charge in [-0.1, -0.05) is 52.0 Å². The predicted octanol–water partition coefficient (Wildman–Crippen LogP) is 4.04. The summed E-state index contributed by atoms with van der Waals surface area (Å²) < 4.78 is 0. The summed E-state index contributed by atoms with van der Waals surface area (Å²) >= 11 is 0. The van der Waals surface area contributed by atoms with Crippen molar-refractivity contribution in [1.29, 1.82) is 0 Å². The van der Waals surface area contributed by atoms with Crippen molar-refractivity contribution in [3.05, 3.63) is 35.4 Å². The van der Waals surface area contributed by atoms with Gasteiger partial charge in [-0.2, -0.15) is 0 Å². The van der Waals surface area contributed by atoms with Gasteiger partial charge in [0.05, 0.1) is 0 Å². The maximum absolute atomic E-state index is 11.4. The van der Waals surface area contributed by atoms with Gasteiger partial charge >= 0.3 is 0 Å². The van der Waals surface area contributed by atoms with Crippen LogP contribution in [0.4, 0.5) is 0 Å². The van der Waals surface area contributed by atoms with E-state index in [9.17, 15) is 4.79 Å². The van der Waals surface area contributed by atoms with E-state index >= 15 is 0 Å². The minimum absolute atomic E-state index is 0.221. The smallest absolute Gasteiger partial charge is 0.162 e. The van der Waals surface area contributed by atoms with Crippen LogP contribution in [0.1, 0.15) is 56.0 Å². The van der Waals surface area contributed by atoms with Crippen molar-refractivity contribution in [1.82, 2.24) is 0 Å². The van der Waals surface area contributed by atoms with Gasteiger partial charge in [0.1, 0.15) is 0 Å². The van der Waals surface area contributed by atoms with Crippen LogP contribution in [0.3, 0.4) is 0 Å². The molecular formula is C14H20O. The molecule has 1 unspecified atom stereocenters. The molecule has 0 heterocycles. The number of rotatable bonds is 4. The lowest BCUT2D eigenvalue weighted by Gasteiger charge is -2.15. The largest absolute Gasteiger partial charge is 0.294 e. The Morgan fingerprint density at radius 1 is 1.13 bits per heavy atom. The Labute approximate surface area is 92.5 Å². The van der Waals surface area contributed by atoms with Gasteiger partial charge in [-0.25, -0.2) is 0 Å². The lowest BCUT2D eigenvalue weighted by Crippen LogP contribution is -2.03. The zero-order valence-electron chi connectivity index (χ0n) is 10.1. The molecule has 0 spiro atoms. The third kappa shape index (κ3) is 2.92. The van der Waals surface area contributed by atoms with Crippen LogP contribution in [0.2, 0.25) is 0 Å². The van der Waals surface area contributed by atoms with E-state index in [1.807, 2.05) is 19.1 Å². The molecule has 0 aromatic heterocycles. The summed E-state index contributed by atoms with van der Waals surface area (Å²) in [4.78, 5) is 11.4. The summed E-state index contributed by atoms with van der Waals surface area (Å²) in [7, 11) is 0. The molecule has 0 amide bonds. The first-order valence-electron chi connectivity index (χ1n) is 5.69. The summed E-state index contributed by atoms with van der Waals surface area (Å²) in [5.41, 5.74) is 2.15. The second kappa shape index (κ2) is 5.11. The SMILES string of the molecule is CCC(=O)c1ccc(C(C)C(C)C)cc1. The van der Waals surface area contributed by atoms with Gasteiger partial charge in [-0.05, 0) is 17.4 Å². The van der Waals surface area contributed by atoms with Crippen LogP contribution in [0.15, 0.2) is 24.3 Å². The molecule has 1 atom stereocenters. The lowest BCUT2D eigenvalue weighted by molar-refractivity contribution is 0.0988. The van der Waals surface area contributed by atoms with E-state index in [0.717, 1.165) is 5.56 Å². The highest BCUT2D eigenvalue weighted by molar-refractivity contribution is 5.95. The van der Waals surface area contributed by atoms with Gasteiger partial charge in [0.15, 0.2) is 5.78 Å². The monoisotopic (exact) mass is 204 g/mol. The molecule has 82 valence electrons. The van der Waals surface area contributed by atoms with Gasteiger partial charge in [0.25, 0.3) is 0 Å². The zero-order valence-corrected chi connectivity index (χ0v) is 10.1. The van der Waals surface area contributed by atoms with Crippen LogP contribution >= 0.6 is 0 Å². The van der Waals surface area contributed by atoms with E-state index in [4.69, 9.17) is 0 Å². The van der Waals surface area contributed by atoms with Crippen LogP contribution in [0.25, 0.3) is 0 Å². The Morgan fingerprint density at radius 3 is 2.07 bits per heavy atom. The maximum Gasteiger partial charge on any atom is 0.162 e. The Hall–Kier alpha value is -1.11. The molecule has 0 aliphatic carbocycles. The van der Waals surface area contributed by atoms with E-state index in [2.05, 4.69) is 32.9 Å². The Morgan fingerprint density at radius 2 is 1.67 bits per heavy atom. The van der Waals surface area contributed by atoms with Crippen molar-refractivity contribution in [2.24, 2.45) is 5.92 Å². The van der Waals surface area contributed by atoms with E-state index in [1.165, 1.54) is 5.56 Å². The second-order valence-electron chi connectivity index (χ2n) is 4.43. The third-order valence-corrected chi connectivity index (χ3v) is 3.08. The van der Waals surface area contributed by atoms with Gasteiger partial charge in [0, 0.05) is 12.0 Å². The fourth-order valence-corrected chi connectivity index (χ4v) is 1.56. The average molecular weight is 204 g/mol. The minimum atomic E-state index is 0.221. The van der Waals surface area contributed by atoms with Crippen LogP contribution in [-0.4, -0.2) is 5.78 Å². The number of hydrogen-bond donors (Lipinski definition) is 0. The van der Waals surface area contributed by atoms with Crippen molar-refractivity contribution in [3.63, 3.8) is 0 Å². The van der Waals surface area contributed by atoms with Crippen molar-refractivity contribution in [2.45, 2.75) is 40.0 Å². The molecule has 0 fully saturated rings. The summed E-state index contributed by atoms with van der Waals surface area (Å²) in [6.07, 6.45) is 0.582. The molecule has 0 saturated carbocycles. The molecule has 1 rings (SSSR count). The van der Waals surface area contributed by atoms with E-state index in [1.54, 1.807) is 0 Å². The van der Waals surface area contributed by atoms with Crippen LogP contribution in [0.5, 0.6) is 0 Å². The van der Waals surface area contributed by atoms with Gasteiger partial charge in [0.2, 0.25) is 0 Å². The van der Waals surface area contributed by atoms with Gasteiger partial charge in [-0.15, -0.1) is 0 Å². The van der Waals surface area contributed by atoms with Gasteiger partial charge < -0.3 is 0 Å². The molecule has 0 saturated heterocycles. The standard InChI is InChI=1S/C14H20O/c1-5-14(15)13-8-6-12(7-9-13)11(4)10(2)3/h6-11H,5H2,1-4H3. The molecule has 15 heavy (non-hydrogen) atoms. The minimum Gasteiger partial charge on any atom is -0.294 e. The summed E-state index contributed by atoms with van der Waals surface area (Å²) in [6.45, 7) is 8.56. The number of ketones is 1. The van der Waals surface area contributed by atoms with Crippen LogP contribution < -0.4 is 0 Å². The molecule has 0 N–H and O–H groups in total. The first-order valence-corrected chi connectivity index (χ1v) is 5.69.